The van der Waals surface area contributed by atoms with Crippen LogP contribution in [0.2, 0.25) is 0 Å². The molecule has 6 atom stereocenters. The zero-order valence-electron chi connectivity index (χ0n) is 40.1. The molecule has 4 heterocycles. The number of amides is 3. The van der Waals surface area contributed by atoms with Gasteiger partial charge in [0.25, 0.3) is 17.7 Å². The monoisotopic (exact) mass is 983 g/mol. The number of aromatic hydroxyl groups is 2. The van der Waals surface area contributed by atoms with Crippen molar-refractivity contribution in [3.8, 4) is 17.2 Å². The first-order valence-electron chi connectivity index (χ1n) is 23.1. The van der Waals surface area contributed by atoms with E-state index in [2.05, 4.69) is 21.3 Å². The third-order valence-electron chi connectivity index (χ3n) is 13.7. The number of carbonyl (C=O) groups is 6. The van der Waals surface area contributed by atoms with Gasteiger partial charge in [0.05, 0.1) is 53.5 Å². The minimum Gasteiger partial charge on any atom is -0.507 e. The molecule has 3 amide bonds. The van der Waals surface area contributed by atoms with Crippen molar-refractivity contribution in [3.63, 3.8) is 0 Å². The van der Waals surface area contributed by atoms with Crippen LogP contribution in [0.4, 0.5) is 17.1 Å². The Bertz CT molecular complexity index is 3210. The first-order chi connectivity index (χ1) is 34.3. The van der Waals surface area contributed by atoms with E-state index < -0.39 is 101 Å². The number of aryl methyl sites for hydroxylation is 3. The maximum Gasteiger partial charge on any atom is 0.272 e. The predicted molar refractivity (Wildman–Crippen MR) is 260 cm³/mol. The second-order valence-electron chi connectivity index (χ2n) is 18.5. The third kappa shape index (κ3) is 8.94. The van der Waals surface area contributed by atoms with E-state index in [0.29, 0.717) is 22.8 Å². The van der Waals surface area contributed by atoms with Gasteiger partial charge in [0.15, 0.2) is 17.9 Å². The maximum absolute atomic E-state index is 14.0. The lowest BCUT2D eigenvalue weighted by Gasteiger charge is -2.43. The normalized spacial score (nSPS) is 21.3. The zero-order valence-corrected chi connectivity index (χ0v) is 40.1. The number of fused-ring (bicyclic) bond motifs is 3. The van der Waals surface area contributed by atoms with Gasteiger partial charge in [-0.1, -0.05) is 24.3 Å². The Kier molecular flexibility index (Phi) is 13.0. The number of nitrogens with zero attached hydrogens (tertiary/aromatic N) is 3. The van der Waals surface area contributed by atoms with Crippen molar-refractivity contribution in [2.24, 2.45) is 21.1 Å². The molecular weight excluding hydrogens is 931 g/mol. The van der Waals surface area contributed by atoms with E-state index in [1.807, 2.05) is 0 Å². The average Bonchev–Trinajstić information content (AvgIpc) is 4.06. The van der Waals surface area contributed by atoms with Crippen LogP contribution in [0.15, 0.2) is 85.3 Å². The topological polar surface area (TPSA) is 274 Å². The minimum atomic E-state index is -2.09. The molecule has 6 aromatic rings. The van der Waals surface area contributed by atoms with Gasteiger partial charge in [0, 0.05) is 94.0 Å². The van der Waals surface area contributed by atoms with Crippen LogP contribution in [0.5, 0.6) is 17.2 Å². The molecule has 2 aliphatic carbocycles. The van der Waals surface area contributed by atoms with Crippen molar-refractivity contribution in [3.05, 3.63) is 141 Å². The summed E-state index contributed by atoms with van der Waals surface area (Å²) in [6.45, 7) is 3.07. The smallest absolute Gasteiger partial charge is 0.272 e. The van der Waals surface area contributed by atoms with Crippen molar-refractivity contribution in [2.45, 2.75) is 75.9 Å². The van der Waals surface area contributed by atoms with Gasteiger partial charge in [0.2, 0.25) is 5.78 Å². The molecule has 1 aliphatic heterocycles. The summed E-state index contributed by atoms with van der Waals surface area (Å²) in [4.78, 5) is 80.3. The molecule has 0 spiro atoms. The molecule has 20 heteroatoms. The molecule has 20 nitrogen and oxygen atoms in total. The largest absolute Gasteiger partial charge is 0.507 e. The predicted octanol–water partition coefficient (Wildman–Crippen LogP) is 4.63. The molecule has 3 aliphatic rings. The number of aliphatic hydroxyl groups excluding tert-OH is 1. The summed E-state index contributed by atoms with van der Waals surface area (Å²) in [5.74, 6) is -4.62. The third-order valence-corrected chi connectivity index (χ3v) is 13.7. The van der Waals surface area contributed by atoms with Crippen molar-refractivity contribution in [2.75, 3.05) is 23.1 Å². The van der Waals surface area contributed by atoms with Gasteiger partial charge in [-0.25, -0.2) is 0 Å². The highest BCUT2D eigenvalue weighted by Gasteiger charge is 2.49. The summed E-state index contributed by atoms with van der Waals surface area (Å²) in [7, 11) is 6.44. The Balaban J connectivity index is 0.845. The highest BCUT2D eigenvalue weighted by Crippen LogP contribution is 2.52. The standard InChI is InChI=1S/C52H53N7O13/c1-25-44(61)33(19-39(71-25)72-38-21-52(69,26(2)60)20-32-41(38)48(65)43-42(46(32)63)45(62)31-9-7-11-37(70-6)40(31)47(43)64)53-22-27-12-14-28(15-13-27)54-50(67)35-18-30(24-58(35)4)56-51(68)36-17-29(23-59(36)5)55-49(66)34-10-8-16-57(34)3/h7-18,23-25,33,38-39,44,53,61,63,65,69H,19-22H2,1-6H3,(H,54,67)(H,55,66)(H,56,68)/t25?,33?,38-,39?,44?,52-/m1/s1. The van der Waals surface area contributed by atoms with E-state index >= 15 is 0 Å². The number of methoxy groups -OCH3 is 1. The van der Waals surface area contributed by atoms with Crippen molar-refractivity contribution in [1.82, 2.24) is 19.0 Å². The number of hydrogen-bond donors (Lipinski definition) is 8. The highest BCUT2D eigenvalue weighted by atomic mass is 16.7. The number of Topliss-reactive ketones (excluding diaryl/α,β-unsaturated/α-hetero) is 1. The van der Waals surface area contributed by atoms with E-state index in [1.54, 1.807) is 109 Å². The summed E-state index contributed by atoms with van der Waals surface area (Å²) in [5, 5.41) is 58.3. The fourth-order valence-electron chi connectivity index (χ4n) is 9.78. The lowest BCUT2D eigenvalue weighted by molar-refractivity contribution is -0.249. The maximum atomic E-state index is 14.0. The second-order valence-corrected chi connectivity index (χ2v) is 18.5. The van der Waals surface area contributed by atoms with Crippen molar-refractivity contribution < 1.29 is 63.4 Å². The number of anilines is 3. The average molecular weight is 984 g/mol. The van der Waals surface area contributed by atoms with Crippen molar-refractivity contribution in [1.29, 1.82) is 0 Å². The van der Waals surface area contributed by atoms with Gasteiger partial charge in [-0.15, -0.1) is 0 Å². The number of benzene rings is 3. The number of aromatic nitrogens is 3. The van der Waals surface area contributed by atoms with E-state index in [0.717, 1.165) is 5.56 Å². The second kappa shape index (κ2) is 19.0. The van der Waals surface area contributed by atoms with E-state index in [1.165, 1.54) is 32.2 Å². The van der Waals surface area contributed by atoms with Crippen LogP contribution in [0.25, 0.3) is 0 Å². The Morgan fingerprint density at radius 2 is 1.39 bits per heavy atom. The molecule has 374 valence electrons. The Hall–Kier alpha value is -7.88. The van der Waals surface area contributed by atoms with Crippen LogP contribution in [0.3, 0.4) is 0 Å². The first-order valence-corrected chi connectivity index (χ1v) is 23.1. The van der Waals surface area contributed by atoms with Gasteiger partial charge >= 0.3 is 0 Å². The quantitative estimate of drug-likeness (QED) is 0.0732. The lowest BCUT2D eigenvalue weighted by Crippen LogP contribution is -2.54. The summed E-state index contributed by atoms with van der Waals surface area (Å²) in [6, 6.07) is 17.3. The van der Waals surface area contributed by atoms with Crippen LogP contribution in [-0.2, 0) is 48.4 Å². The SMILES string of the molecule is COc1cccc2c1C(=O)c1c(O)c3c(c(O)c1C2=O)C[C@](O)(C(C)=O)C[C@H]3OC1CC(NCc2ccc(NC(=O)c3cc(NC(=O)c4cc(NC(=O)c5cccn5C)cn4C)cn3C)cc2)C(O)C(C)O1. The highest BCUT2D eigenvalue weighted by molar-refractivity contribution is 6.31. The van der Waals surface area contributed by atoms with E-state index in [4.69, 9.17) is 14.2 Å². The number of carbonyl (C=O) groups excluding carboxylic acids is 6. The number of hydrogen-bond acceptors (Lipinski definition) is 14. The van der Waals surface area contributed by atoms with Gasteiger partial charge < -0.3 is 69.6 Å². The summed E-state index contributed by atoms with van der Waals surface area (Å²) >= 11 is 0. The van der Waals surface area contributed by atoms with Crippen LogP contribution >= 0.6 is 0 Å². The first kappa shape index (κ1) is 49.1. The molecule has 8 N–H and O–H groups in total. The summed E-state index contributed by atoms with van der Waals surface area (Å²) in [5.41, 5.74) is -0.278. The zero-order chi connectivity index (χ0) is 51.5. The molecule has 1 fully saturated rings. The molecule has 72 heavy (non-hydrogen) atoms. The molecule has 4 unspecified atom stereocenters. The Labute approximate surface area is 412 Å². The molecule has 0 radical (unpaired) electrons. The van der Waals surface area contributed by atoms with E-state index in [-0.39, 0.29) is 58.3 Å². The Morgan fingerprint density at radius 3 is 1.99 bits per heavy atom. The molecule has 1 saturated heterocycles. The number of nitrogens with one attached hydrogen (secondary N) is 4. The summed E-state index contributed by atoms with van der Waals surface area (Å²) < 4.78 is 22.7. The molecule has 3 aromatic heterocycles. The van der Waals surface area contributed by atoms with Crippen LogP contribution < -0.4 is 26.0 Å². The van der Waals surface area contributed by atoms with E-state index in [9.17, 15) is 49.2 Å². The number of rotatable bonds is 13. The van der Waals surface area contributed by atoms with Crippen molar-refractivity contribution >= 4 is 52.1 Å². The molecule has 0 bridgehead atoms. The minimum absolute atomic E-state index is 0.0435. The van der Waals surface area contributed by atoms with Gasteiger partial charge in [0.1, 0.15) is 39.9 Å². The van der Waals surface area contributed by atoms with Gasteiger partial charge in [-0.05, 0) is 61.9 Å². The molecule has 3 aromatic carbocycles. The molecule has 9 rings (SSSR count). The molecule has 0 saturated carbocycles. The van der Waals surface area contributed by atoms with Gasteiger partial charge in [-0.3, -0.25) is 28.8 Å². The summed E-state index contributed by atoms with van der Waals surface area (Å²) in [6.07, 6.45) is -0.0794. The van der Waals surface area contributed by atoms with Crippen LogP contribution in [-0.4, -0.2) is 106 Å². The Morgan fingerprint density at radius 1 is 0.778 bits per heavy atom. The fraction of sp³-hybridized carbons (Fsp3) is 0.308. The number of phenols is 2. The van der Waals surface area contributed by atoms with Crippen LogP contribution in [0, 0.1) is 0 Å². The van der Waals surface area contributed by atoms with Gasteiger partial charge in [-0.2, -0.15) is 0 Å². The number of aliphatic hydroxyl groups is 2. The fourth-order valence-corrected chi connectivity index (χ4v) is 9.78. The lowest BCUT2D eigenvalue weighted by atomic mass is 9.72. The van der Waals surface area contributed by atoms with Crippen LogP contribution in [0.1, 0.15) is 113 Å². The number of ether oxygens (including phenoxy) is 3. The number of ketones is 3. The number of phenolic OH excluding ortho intramolecular Hbond substituents is 2. The molecular formula is C52H53N7O13.